The van der Waals surface area contributed by atoms with E-state index < -0.39 is 0 Å². The van der Waals surface area contributed by atoms with Crippen LogP contribution < -0.4 is 10.2 Å². The van der Waals surface area contributed by atoms with Crippen LogP contribution in [0, 0.1) is 11.3 Å². The summed E-state index contributed by atoms with van der Waals surface area (Å²) in [5.41, 5.74) is 1.90. The van der Waals surface area contributed by atoms with Crippen LogP contribution >= 0.6 is 0 Å². The zero-order valence-electron chi connectivity index (χ0n) is 12.8. The molecule has 3 rings (SSSR count). The third-order valence-corrected chi connectivity index (χ3v) is 4.70. The lowest BCUT2D eigenvalue weighted by molar-refractivity contribution is -0.120. The number of nitrogens with zero attached hydrogens (tertiary/aromatic N) is 3. The smallest absolute Gasteiger partial charge is 0.220 e. The lowest BCUT2D eigenvalue weighted by Crippen LogP contribution is -2.50. The number of hydrogen-bond donors (Lipinski definition) is 1. The molecule has 0 unspecified atom stereocenters. The summed E-state index contributed by atoms with van der Waals surface area (Å²) in [6.45, 7) is 4.89. The number of piperazine rings is 1. The summed E-state index contributed by atoms with van der Waals surface area (Å²) in [4.78, 5) is 16.3. The predicted octanol–water partition coefficient (Wildman–Crippen LogP) is 1.35. The second-order valence-electron chi connectivity index (χ2n) is 6.01. The van der Waals surface area contributed by atoms with Crippen molar-refractivity contribution < 1.29 is 4.79 Å². The first-order chi connectivity index (χ1) is 10.8. The van der Waals surface area contributed by atoms with Gasteiger partial charge < -0.3 is 10.2 Å². The van der Waals surface area contributed by atoms with Crippen LogP contribution in [-0.4, -0.2) is 49.6 Å². The van der Waals surface area contributed by atoms with Gasteiger partial charge in [-0.2, -0.15) is 5.26 Å². The molecule has 0 bridgehead atoms. The van der Waals surface area contributed by atoms with Gasteiger partial charge in [-0.3, -0.25) is 9.69 Å². The Kier molecular flexibility index (Phi) is 4.59. The zero-order valence-corrected chi connectivity index (χ0v) is 12.8. The molecular weight excluding hydrogens is 276 g/mol. The quantitative estimate of drug-likeness (QED) is 0.895. The van der Waals surface area contributed by atoms with E-state index in [1.807, 2.05) is 24.3 Å². The minimum atomic E-state index is 0.193. The largest absolute Gasteiger partial charge is 0.369 e. The van der Waals surface area contributed by atoms with Gasteiger partial charge in [0.1, 0.15) is 0 Å². The van der Waals surface area contributed by atoms with Gasteiger partial charge in [0, 0.05) is 50.9 Å². The van der Waals surface area contributed by atoms with Crippen molar-refractivity contribution in [1.29, 1.82) is 5.26 Å². The van der Waals surface area contributed by atoms with Gasteiger partial charge >= 0.3 is 0 Å². The van der Waals surface area contributed by atoms with Crippen LogP contribution in [0.15, 0.2) is 24.3 Å². The van der Waals surface area contributed by atoms with Gasteiger partial charge in [0.05, 0.1) is 11.6 Å². The first-order valence-corrected chi connectivity index (χ1v) is 8.02. The van der Waals surface area contributed by atoms with E-state index in [0.29, 0.717) is 18.0 Å². The molecule has 2 aliphatic rings. The maximum atomic E-state index is 11.4. The molecule has 0 aliphatic carbocycles. The van der Waals surface area contributed by atoms with Crippen molar-refractivity contribution in [2.45, 2.75) is 25.3 Å². The Bertz CT molecular complexity index is 555. The number of benzene rings is 1. The fourth-order valence-electron chi connectivity index (χ4n) is 3.37. The van der Waals surface area contributed by atoms with Gasteiger partial charge in [-0.1, -0.05) is 0 Å². The highest BCUT2D eigenvalue weighted by molar-refractivity contribution is 5.76. The maximum absolute atomic E-state index is 11.4. The van der Waals surface area contributed by atoms with Gasteiger partial charge in [-0.05, 0) is 37.1 Å². The number of carbonyl (C=O) groups is 1. The molecule has 116 valence electrons. The number of rotatable bonds is 2. The summed E-state index contributed by atoms with van der Waals surface area (Å²) in [7, 11) is 0. The van der Waals surface area contributed by atoms with E-state index in [1.165, 1.54) is 5.69 Å². The lowest BCUT2D eigenvalue weighted by Gasteiger charge is -2.40. The third kappa shape index (κ3) is 3.40. The SMILES string of the molecule is N#Cc1ccc(N2CCN([C@H]3CCNC(=O)CC3)CC2)cc1. The van der Waals surface area contributed by atoms with Crippen LogP contribution in [0.1, 0.15) is 24.8 Å². The third-order valence-electron chi connectivity index (χ3n) is 4.70. The molecule has 1 aromatic rings. The van der Waals surface area contributed by atoms with Gasteiger partial charge in [0.15, 0.2) is 0 Å². The highest BCUT2D eigenvalue weighted by Crippen LogP contribution is 2.20. The van der Waals surface area contributed by atoms with E-state index in [4.69, 9.17) is 5.26 Å². The molecule has 1 N–H and O–H groups in total. The summed E-state index contributed by atoms with van der Waals surface area (Å²) in [6.07, 6.45) is 2.69. The molecule has 5 nitrogen and oxygen atoms in total. The van der Waals surface area contributed by atoms with Crippen molar-refractivity contribution in [3.8, 4) is 6.07 Å². The second kappa shape index (κ2) is 6.80. The van der Waals surface area contributed by atoms with E-state index in [1.54, 1.807) is 0 Å². The van der Waals surface area contributed by atoms with E-state index in [-0.39, 0.29) is 5.91 Å². The van der Waals surface area contributed by atoms with Crippen LogP contribution in [0.4, 0.5) is 5.69 Å². The average Bonchev–Trinajstić information content (AvgIpc) is 2.80. The molecule has 1 atom stereocenters. The van der Waals surface area contributed by atoms with Crippen molar-refractivity contribution in [1.82, 2.24) is 10.2 Å². The average molecular weight is 298 g/mol. The van der Waals surface area contributed by atoms with Crippen LogP contribution in [0.2, 0.25) is 0 Å². The number of nitrogens with one attached hydrogen (secondary N) is 1. The number of amides is 1. The van der Waals surface area contributed by atoms with Gasteiger partial charge in [-0.15, -0.1) is 0 Å². The molecule has 2 heterocycles. The highest BCUT2D eigenvalue weighted by atomic mass is 16.1. The molecule has 0 radical (unpaired) electrons. The van der Waals surface area contributed by atoms with Crippen molar-refractivity contribution in [3.63, 3.8) is 0 Å². The van der Waals surface area contributed by atoms with E-state index >= 15 is 0 Å². The number of hydrogen-bond acceptors (Lipinski definition) is 4. The van der Waals surface area contributed by atoms with Gasteiger partial charge in [-0.25, -0.2) is 0 Å². The molecule has 0 saturated carbocycles. The van der Waals surface area contributed by atoms with E-state index in [2.05, 4.69) is 21.2 Å². The maximum Gasteiger partial charge on any atom is 0.220 e. The summed E-state index contributed by atoms with van der Waals surface area (Å²) < 4.78 is 0. The minimum Gasteiger partial charge on any atom is -0.369 e. The Balaban J connectivity index is 1.55. The van der Waals surface area contributed by atoms with Crippen LogP contribution in [-0.2, 0) is 4.79 Å². The minimum absolute atomic E-state index is 0.193. The summed E-state index contributed by atoms with van der Waals surface area (Å²) in [6, 6.07) is 10.5. The molecule has 22 heavy (non-hydrogen) atoms. The van der Waals surface area contributed by atoms with Crippen molar-refractivity contribution in [2.75, 3.05) is 37.6 Å². The van der Waals surface area contributed by atoms with Gasteiger partial charge in [0.2, 0.25) is 5.91 Å². The molecule has 2 saturated heterocycles. The topological polar surface area (TPSA) is 59.4 Å². The lowest BCUT2D eigenvalue weighted by atomic mass is 10.1. The first-order valence-electron chi connectivity index (χ1n) is 8.02. The molecule has 0 aromatic heterocycles. The fraction of sp³-hybridized carbons (Fsp3) is 0.529. The second-order valence-corrected chi connectivity index (χ2v) is 6.01. The Labute approximate surface area is 131 Å². The fourth-order valence-corrected chi connectivity index (χ4v) is 3.37. The molecule has 5 heteroatoms. The van der Waals surface area contributed by atoms with E-state index in [0.717, 1.165) is 45.6 Å². The summed E-state index contributed by atoms with van der Waals surface area (Å²) >= 11 is 0. The Morgan fingerprint density at radius 1 is 1.09 bits per heavy atom. The molecule has 2 fully saturated rings. The van der Waals surface area contributed by atoms with Crippen LogP contribution in [0.5, 0.6) is 0 Å². The monoisotopic (exact) mass is 298 g/mol. The first kappa shape index (κ1) is 14.9. The van der Waals surface area contributed by atoms with Crippen molar-refractivity contribution in [2.24, 2.45) is 0 Å². The molecular formula is C17H22N4O. The molecule has 0 spiro atoms. The van der Waals surface area contributed by atoms with Crippen LogP contribution in [0.3, 0.4) is 0 Å². The Morgan fingerprint density at radius 2 is 1.82 bits per heavy atom. The molecule has 2 aliphatic heterocycles. The molecule has 1 aromatic carbocycles. The summed E-state index contributed by atoms with van der Waals surface area (Å²) in [5.74, 6) is 0.193. The van der Waals surface area contributed by atoms with Crippen molar-refractivity contribution >= 4 is 11.6 Å². The van der Waals surface area contributed by atoms with Crippen molar-refractivity contribution in [3.05, 3.63) is 29.8 Å². The molecule has 1 amide bonds. The predicted molar refractivity (Wildman–Crippen MR) is 85.6 cm³/mol. The Morgan fingerprint density at radius 3 is 2.50 bits per heavy atom. The van der Waals surface area contributed by atoms with Gasteiger partial charge in [0.25, 0.3) is 0 Å². The number of anilines is 1. The summed E-state index contributed by atoms with van der Waals surface area (Å²) in [5, 5.41) is 11.8. The zero-order chi connectivity index (χ0) is 15.4. The van der Waals surface area contributed by atoms with Crippen LogP contribution in [0.25, 0.3) is 0 Å². The number of carbonyl (C=O) groups excluding carboxylic acids is 1. The standard InChI is InChI=1S/C17H22N4O/c18-13-14-1-3-15(4-2-14)20-9-11-21(12-10-20)16-5-6-17(22)19-8-7-16/h1-4,16H,5-12H2,(H,19,22)/t16-/m1/s1. The Hall–Kier alpha value is -2.06. The highest BCUT2D eigenvalue weighted by Gasteiger charge is 2.25. The number of nitriles is 1. The van der Waals surface area contributed by atoms with E-state index in [9.17, 15) is 4.79 Å². The normalized spacial score (nSPS) is 23.5.